The summed E-state index contributed by atoms with van der Waals surface area (Å²) in [5.74, 6) is -0.263. The number of phenols is 1. The molecule has 2 aromatic rings. The second-order valence-corrected chi connectivity index (χ2v) is 4.11. The number of rotatable bonds is 3. The molecule has 0 saturated heterocycles. The van der Waals surface area contributed by atoms with Crippen LogP contribution < -0.4 is 0 Å². The molecule has 0 aliphatic carbocycles. The Morgan fingerprint density at radius 1 is 1.06 bits per heavy atom. The molecule has 0 saturated carbocycles. The van der Waals surface area contributed by atoms with Crippen LogP contribution in [0, 0.1) is 6.92 Å². The van der Waals surface area contributed by atoms with Crippen molar-refractivity contribution in [2.24, 2.45) is 0 Å². The number of esters is 1. The Bertz CT molecular complexity index is 527. The van der Waals surface area contributed by atoms with Crippen LogP contribution in [0.5, 0.6) is 5.75 Å². The summed E-state index contributed by atoms with van der Waals surface area (Å²) in [6.45, 7) is 2.26. The van der Waals surface area contributed by atoms with Gasteiger partial charge < -0.3 is 9.84 Å². The first kappa shape index (κ1) is 12.2. The van der Waals surface area contributed by atoms with Gasteiger partial charge in [-0.2, -0.15) is 0 Å². The Balaban J connectivity index is 1.96. The van der Waals surface area contributed by atoms with Crippen molar-refractivity contribution < 1.29 is 14.6 Å². The van der Waals surface area contributed by atoms with Crippen LogP contribution in [-0.4, -0.2) is 11.1 Å². The number of aromatic hydroxyl groups is 1. The van der Waals surface area contributed by atoms with Crippen molar-refractivity contribution in [1.29, 1.82) is 0 Å². The normalized spacial score (nSPS) is 10.1. The lowest BCUT2D eigenvalue weighted by molar-refractivity contribution is 0.0472. The summed E-state index contributed by atoms with van der Waals surface area (Å²) in [4.78, 5) is 11.7. The fraction of sp³-hybridized carbons (Fsp3) is 0.133. The van der Waals surface area contributed by atoms with Crippen molar-refractivity contribution in [3.63, 3.8) is 0 Å². The number of carbonyl (C=O) groups is 1. The monoisotopic (exact) mass is 242 g/mol. The van der Waals surface area contributed by atoms with Gasteiger partial charge in [-0.05, 0) is 36.8 Å². The number of phenolic OH excluding ortho intramolecular Hbond substituents is 1. The Kier molecular flexibility index (Phi) is 3.63. The molecule has 1 N–H and O–H groups in total. The summed E-state index contributed by atoms with van der Waals surface area (Å²) in [5.41, 5.74) is 2.55. The molecule has 0 radical (unpaired) electrons. The predicted molar refractivity (Wildman–Crippen MR) is 68.4 cm³/mol. The summed E-state index contributed by atoms with van der Waals surface area (Å²) >= 11 is 0. The van der Waals surface area contributed by atoms with Gasteiger partial charge in [0.1, 0.15) is 12.4 Å². The van der Waals surface area contributed by atoms with Crippen LogP contribution in [0.2, 0.25) is 0 Å². The lowest BCUT2D eigenvalue weighted by Crippen LogP contribution is -2.04. The molecule has 0 atom stereocenters. The summed E-state index contributed by atoms with van der Waals surface area (Å²) in [7, 11) is 0. The number of benzene rings is 2. The molecule has 0 aromatic heterocycles. The van der Waals surface area contributed by atoms with Crippen LogP contribution in [0.15, 0.2) is 48.5 Å². The van der Waals surface area contributed by atoms with Crippen molar-refractivity contribution in [2.45, 2.75) is 13.5 Å². The number of carbonyl (C=O) groups excluding carboxylic acids is 1. The fourth-order valence-electron chi connectivity index (χ4n) is 1.51. The lowest BCUT2D eigenvalue weighted by Gasteiger charge is -2.05. The molecule has 3 nitrogen and oxygen atoms in total. The van der Waals surface area contributed by atoms with E-state index in [2.05, 4.69) is 0 Å². The minimum atomic E-state index is -0.393. The summed E-state index contributed by atoms with van der Waals surface area (Å²) < 4.78 is 5.17. The molecule has 2 rings (SSSR count). The van der Waals surface area contributed by atoms with Crippen molar-refractivity contribution in [1.82, 2.24) is 0 Å². The zero-order valence-corrected chi connectivity index (χ0v) is 10.1. The van der Waals surface area contributed by atoms with Gasteiger partial charge in [-0.15, -0.1) is 0 Å². The van der Waals surface area contributed by atoms with Gasteiger partial charge in [0.25, 0.3) is 0 Å². The molecule has 0 spiro atoms. The Morgan fingerprint density at radius 3 is 2.28 bits per heavy atom. The van der Waals surface area contributed by atoms with Crippen LogP contribution in [0.1, 0.15) is 21.5 Å². The van der Waals surface area contributed by atoms with Crippen LogP contribution in [0.3, 0.4) is 0 Å². The molecule has 0 bridgehead atoms. The highest BCUT2D eigenvalue weighted by atomic mass is 16.5. The van der Waals surface area contributed by atoms with E-state index in [1.54, 1.807) is 0 Å². The lowest BCUT2D eigenvalue weighted by atomic mass is 10.2. The van der Waals surface area contributed by atoms with E-state index in [4.69, 9.17) is 9.84 Å². The number of ether oxygens (including phenoxy) is 1. The predicted octanol–water partition coefficient (Wildman–Crippen LogP) is 3.06. The zero-order valence-electron chi connectivity index (χ0n) is 10.1. The Hall–Kier alpha value is -2.29. The Morgan fingerprint density at radius 2 is 1.67 bits per heavy atom. The average Bonchev–Trinajstić information content (AvgIpc) is 2.38. The first-order chi connectivity index (χ1) is 8.65. The van der Waals surface area contributed by atoms with Gasteiger partial charge in [0.15, 0.2) is 0 Å². The first-order valence-electron chi connectivity index (χ1n) is 5.67. The molecule has 2 aromatic carbocycles. The Labute approximate surface area is 106 Å². The molecular weight excluding hydrogens is 228 g/mol. The van der Waals surface area contributed by atoms with Gasteiger partial charge in [0.2, 0.25) is 0 Å². The number of hydrogen-bond donors (Lipinski definition) is 1. The van der Waals surface area contributed by atoms with E-state index < -0.39 is 5.97 Å². The molecule has 0 fully saturated rings. The average molecular weight is 242 g/mol. The van der Waals surface area contributed by atoms with Crippen LogP contribution >= 0.6 is 0 Å². The molecule has 3 heteroatoms. The molecule has 0 heterocycles. The van der Waals surface area contributed by atoms with E-state index in [-0.39, 0.29) is 12.4 Å². The molecule has 92 valence electrons. The van der Waals surface area contributed by atoms with Crippen LogP contribution in [-0.2, 0) is 11.3 Å². The smallest absolute Gasteiger partial charge is 0.338 e. The molecule has 0 amide bonds. The molecule has 0 unspecified atom stereocenters. The fourth-order valence-corrected chi connectivity index (χ4v) is 1.51. The van der Waals surface area contributed by atoms with Crippen molar-refractivity contribution in [2.75, 3.05) is 0 Å². The van der Waals surface area contributed by atoms with Crippen molar-refractivity contribution in [3.8, 4) is 5.75 Å². The standard InChI is InChI=1S/C15H14O3/c1-11-2-4-12(5-3-11)10-18-15(17)13-6-8-14(16)9-7-13/h2-9,16H,10H2,1H3. The minimum absolute atomic E-state index is 0.130. The molecular formula is C15H14O3. The van der Waals surface area contributed by atoms with E-state index in [0.717, 1.165) is 5.56 Å². The third kappa shape index (κ3) is 3.10. The highest BCUT2D eigenvalue weighted by Gasteiger charge is 2.06. The number of aryl methyl sites for hydroxylation is 1. The highest BCUT2D eigenvalue weighted by molar-refractivity contribution is 5.89. The van der Waals surface area contributed by atoms with E-state index >= 15 is 0 Å². The summed E-state index contributed by atoms with van der Waals surface area (Å²) in [6, 6.07) is 13.8. The number of hydrogen-bond acceptors (Lipinski definition) is 3. The third-order valence-corrected chi connectivity index (χ3v) is 2.59. The third-order valence-electron chi connectivity index (χ3n) is 2.59. The van der Waals surface area contributed by atoms with Gasteiger partial charge in [-0.1, -0.05) is 29.8 Å². The van der Waals surface area contributed by atoms with Crippen LogP contribution in [0.25, 0.3) is 0 Å². The van der Waals surface area contributed by atoms with Crippen LogP contribution in [0.4, 0.5) is 0 Å². The van der Waals surface area contributed by atoms with Gasteiger partial charge in [-0.25, -0.2) is 4.79 Å². The molecule has 0 aliphatic rings. The second-order valence-electron chi connectivity index (χ2n) is 4.11. The maximum absolute atomic E-state index is 11.7. The summed E-state index contributed by atoms with van der Waals surface area (Å²) in [5, 5.41) is 9.12. The van der Waals surface area contributed by atoms with Crippen molar-refractivity contribution >= 4 is 5.97 Å². The van der Waals surface area contributed by atoms with E-state index in [9.17, 15) is 4.79 Å². The minimum Gasteiger partial charge on any atom is -0.508 e. The van der Waals surface area contributed by atoms with Gasteiger partial charge in [0.05, 0.1) is 5.56 Å². The van der Waals surface area contributed by atoms with Gasteiger partial charge in [0, 0.05) is 0 Å². The molecule has 0 aliphatic heterocycles. The first-order valence-corrected chi connectivity index (χ1v) is 5.67. The largest absolute Gasteiger partial charge is 0.508 e. The van der Waals surface area contributed by atoms with Gasteiger partial charge >= 0.3 is 5.97 Å². The summed E-state index contributed by atoms with van der Waals surface area (Å²) in [6.07, 6.45) is 0. The van der Waals surface area contributed by atoms with E-state index in [0.29, 0.717) is 5.56 Å². The quantitative estimate of drug-likeness (QED) is 0.841. The SMILES string of the molecule is Cc1ccc(COC(=O)c2ccc(O)cc2)cc1. The maximum atomic E-state index is 11.7. The van der Waals surface area contributed by atoms with E-state index in [1.165, 1.54) is 29.8 Å². The highest BCUT2D eigenvalue weighted by Crippen LogP contribution is 2.12. The van der Waals surface area contributed by atoms with Gasteiger partial charge in [-0.3, -0.25) is 0 Å². The maximum Gasteiger partial charge on any atom is 0.338 e. The molecule has 18 heavy (non-hydrogen) atoms. The van der Waals surface area contributed by atoms with E-state index in [1.807, 2.05) is 31.2 Å². The second kappa shape index (κ2) is 5.36. The zero-order chi connectivity index (χ0) is 13.0. The van der Waals surface area contributed by atoms with Crippen molar-refractivity contribution in [3.05, 3.63) is 65.2 Å². The topological polar surface area (TPSA) is 46.5 Å².